The van der Waals surface area contributed by atoms with E-state index in [0.717, 1.165) is 11.4 Å². The second-order valence-corrected chi connectivity index (χ2v) is 8.67. The zero-order valence-corrected chi connectivity index (χ0v) is 16.4. The summed E-state index contributed by atoms with van der Waals surface area (Å²) in [4.78, 5) is 23.9. The predicted octanol–water partition coefficient (Wildman–Crippen LogP) is 3.73. The van der Waals surface area contributed by atoms with Crippen molar-refractivity contribution in [3.63, 3.8) is 0 Å². The summed E-state index contributed by atoms with van der Waals surface area (Å²) in [6, 6.07) is 7.00. The largest absolute Gasteiger partial charge is 0.457 e. The van der Waals surface area contributed by atoms with Crippen LogP contribution < -0.4 is 0 Å². The third-order valence-electron chi connectivity index (χ3n) is 3.75. The fraction of sp³-hybridized carbons (Fsp3) is 0.500. The topological polar surface area (TPSA) is 74.1 Å². The zero-order chi connectivity index (χ0) is 19.5. The van der Waals surface area contributed by atoms with Crippen molar-refractivity contribution in [1.29, 1.82) is 0 Å². The average Bonchev–Trinajstić information content (AvgIpc) is 3.01. The van der Waals surface area contributed by atoms with E-state index < -0.39 is 0 Å². The maximum absolute atomic E-state index is 12.2. The second kappa shape index (κ2) is 7.40. The van der Waals surface area contributed by atoms with Gasteiger partial charge in [0.15, 0.2) is 12.4 Å². The summed E-state index contributed by atoms with van der Waals surface area (Å²) in [6.07, 6.45) is 2.16. The van der Waals surface area contributed by atoms with Gasteiger partial charge in [-0.2, -0.15) is 0 Å². The van der Waals surface area contributed by atoms with Gasteiger partial charge in [0.25, 0.3) is 0 Å². The molecule has 6 nitrogen and oxygen atoms in total. The molecular formula is C20H27N3O3. The first-order valence-electron chi connectivity index (χ1n) is 8.68. The van der Waals surface area contributed by atoms with E-state index in [0.29, 0.717) is 5.56 Å². The molecule has 0 N–H and O–H groups in total. The van der Waals surface area contributed by atoms with Crippen molar-refractivity contribution in [2.24, 2.45) is 5.41 Å². The van der Waals surface area contributed by atoms with Crippen LogP contribution in [0, 0.1) is 5.41 Å². The van der Waals surface area contributed by atoms with E-state index >= 15 is 0 Å². The minimum atomic E-state index is -0.361. The molecule has 0 aliphatic rings. The van der Waals surface area contributed by atoms with Gasteiger partial charge in [-0.05, 0) is 29.7 Å². The Bertz CT molecular complexity index is 778. The van der Waals surface area contributed by atoms with Crippen molar-refractivity contribution < 1.29 is 14.3 Å². The molecule has 0 saturated carbocycles. The highest BCUT2D eigenvalue weighted by atomic mass is 16.5. The Hall–Kier alpha value is -2.50. The standard InChI is InChI=1S/C20H27N3O3/c1-19(2,3)11-18(25)26-13-16(24)14-7-9-15(10-8-14)23-12-17(21-22-23)20(4,5)6/h7-10,12H,11,13H2,1-6H3. The summed E-state index contributed by atoms with van der Waals surface area (Å²) < 4.78 is 6.75. The lowest BCUT2D eigenvalue weighted by Gasteiger charge is -2.16. The average molecular weight is 357 g/mol. The van der Waals surface area contributed by atoms with Gasteiger partial charge in [-0.15, -0.1) is 5.10 Å². The normalized spacial score (nSPS) is 12.1. The van der Waals surface area contributed by atoms with E-state index in [4.69, 9.17) is 4.74 Å². The number of carbonyl (C=O) groups excluding carboxylic acids is 2. The first kappa shape index (κ1) is 19.8. The van der Waals surface area contributed by atoms with Crippen LogP contribution in [0.1, 0.15) is 64.0 Å². The molecule has 0 fully saturated rings. The molecular weight excluding hydrogens is 330 g/mol. The maximum atomic E-state index is 12.2. The third-order valence-corrected chi connectivity index (χ3v) is 3.75. The van der Waals surface area contributed by atoms with Crippen LogP contribution in [0.5, 0.6) is 0 Å². The lowest BCUT2D eigenvalue weighted by Crippen LogP contribution is -2.19. The summed E-state index contributed by atoms with van der Waals surface area (Å²) in [5, 5.41) is 8.32. The Morgan fingerprint density at radius 2 is 1.65 bits per heavy atom. The van der Waals surface area contributed by atoms with Gasteiger partial charge in [0, 0.05) is 11.0 Å². The molecule has 0 aliphatic carbocycles. The quantitative estimate of drug-likeness (QED) is 0.602. The van der Waals surface area contributed by atoms with Gasteiger partial charge < -0.3 is 4.74 Å². The maximum Gasteiger partial charge on any atom is 0.306 e. The Labute approximate surface area is 154 Å². The number of aromatic nitrogens is 3. The van der Waals surface area contributed by atoms with Gasteiger partial charge in [0.2, 0.25) is 0 Å². The second-order valence-electron chi connectivity index (χ2n) is 8.67. The van der Waals surface area contributed by atoms with E-state index in [-0.39, 0.29) is 35.6 Å². The van der Waals surface area contributed by atoms with E-state index in [1.807, 2.05) is 27.0 Å². The number of hydrogen-bond acceptors (Lipinski definition) is 5. The van der Waals surface area contributed by atoms with Gasteiger partial charge in [-0.1, -0.05) is 46.8 Å². The summed E-state index contributed by atoms with van der Waals surface area (Å²) in [6.45, 7) is 11.8. The van der Waals surface area contributed by atoms with Crippen molar-refractivity contribution in [1.82, 2.24) is 15.0 Å². The predicted molar refractivity (Wildman–Crippen MR) is 99.4 cm³/mol. The number of benzene rings is 1. The number of nitrogens with zero attached hydrogens (tertiary/aromatic N) is 3. The Morgan fingerprint density at radius 3 is 2.15 bits per heavy atom. The van der Waals surface area contributed by atoms with Crippen LogP contribution in [-0.4, -0.2) is 33.4 Å². The van der Waals surface area contributed by atoms with Crippen LogP contribution in [-0.2, 0) is 14.9 Å². The van der Waals surface area contributed by atoms with E-state index in [1.54, 1.807) is 28.9 Å². The number of Topliss-reactive ketones (excluding diaryl/α,β-unsaturated/α-hetero) is 1. The van der Waals surface area contributed by atoms with Gasteiger partial charge >= 0.3 is 5.97 Å². The van der Waals surface area contributed by atoms with Crippen molar-refractivity contribution in [2.75, 3.05) is 6.61 Å². The number of hydrogen-bond donors (Lipinski definition) is 0. The molecule has 1 aromatic carbocycles. The zero-order valence-electron chi connectivity index (χ0n) is 16.4. The molecule has 0 radical (unpaired) electrons. The van der Waals surface area contributed by atoms with Crippen LogP contribution in [0.25, 0.3) is 5.69 Å². The highest BCUT2D eigenvalue weighted by molar-refractivity contribution is 5.98. The minimum Gasteiger partial charge on any atom is -0.457 e. The van der Waals surface area contributed by atoms with Gasteiger partial charge in [0.05, 0.1) is 24.0 Å². The van der Waals surface area contributed by atoms with E-state index in [1.165, 1.54) is 0 Å². The smallest absolute Gasteiger partial charge is 0.306 e. The monoisotopic (exact) mass is 357 g/mol. The Balaban J connectivity index is 1.99. The van der Waals surface area contributed by atoms with Crippen molar-refractivity contribution in [2.45, 2.75) is 53.4 Å². The van der Waals surface area contributed by atoms with Crippen LogP contribution in [0.4, 0.5) is 0 Å². The highest BCUT2D eigenvalue weighted by Gasteiger charge is 2.19. The lowest BCUT2D eigenvalue weighted by molar-refractivity contribution is -0.144. The molecule has 0 unspecified atom stereocenters. The van der Waals surface area contributed by atoms with E-state index in [2.05, 4.69) is 31.1 Å². The molecule has 1 aromatic heterocycles. The number of carbonyl (C=O) groups is 2. The molecule has 140 valence electrons. The Morgan fingerprint density at radius 1 is 1.04 bits per heavy atom. The molecule has 1 heterocycles. The molecule has 0 bridgehead atoms. The summed E-state index contributed by atoms with van der Waals surface area (Å²) in [5.74, 6) is -0.590. The molecule has 0 spiro atoms. The molecule has 2 aromatic rings. The summed E-state index contributed by atoms with van der Waals surface area (Å²) in [7, 11) is 0. The molecule has 0 aliphatic heterocycles. The number of rotatable bonds is 5. The number of ether oxygens (including phenoxy) is 1. The lowest BCUT2D eigenvalue weighted by atomic mass is 9.92. The fourth-order valence-corrected chi connectivity index (χ4v) is 2.25. The number of esters is 1. The summed E-state index contributed by atoms with van der Waals surface area (Å²) >= 11 is 0. The van der Waals surface area contributed by atoms with Gasteiger partial charge in [-0.25, -0.2) is 4.68 Å². The van der Waals surface area contributed by atoms with Crippen LogP contribution in [0.3, 0.4) is 0 Å². The molecule has 6 heteroatoms. The van der Waals surface area contributed by atoms with Crippen LogP contribution >= 0.6 is 0 Å². The van der Waals surface area contributed by atoms with Crippen molar-refractivity contribution in [3.8, 4) is 5.69 Å². The molecule has 26 heavy (non-hydrogen) atoms. The van der Waals surface area contributed by atoms with Crippen molar-refractivity contribution in [3.05, 3.63) is 41.7 Å². The summed E-state index contributed by atoms with van der Waals surface area (Å²) in [5.41, 5.74) is 1.96. The van der Waals surface area contributed by atoms with Crippen LogP contribution in [0.15, 0.2) is 30.5 Å². The first-order chi connectivity index (χ1) is 12.0. The van der Waals surface area contributed by atoms with Crippen LogP contribution in [0.2, 0.25) is 0 Å². The molecule has 2 rings (SSSR count). The highest BCUT2D eigenvalue weighted by Crippen LogP contribution is 2.21. The first-order valence-corrected chi connectivity index (χ1v) is 8.68. The minimum absolute atomic E-state index is 0.0783. The number of ketones is 1. The van der Waals surface area contributed by atoms with E-state index in [9.17, 15) is 9.59 Å². The fourth-order valence-electron chi connectivity index (χ4n) is 2.25. The van der Waals surface area contributed by atoms with Gasteiger partial charge in [0.1, 0.15) is 0 Å². The molecule has 0 atom stereocenters. The van der Waals surface area contributed by atoms with Crippen molar-refractivity contribution >= 4 is 11.8 Å². The third kappa shape index (κ3) is 5.51. The SMILES string of the molecule is CC(C)(C)CC(=O)OCC(=O)c1ccc(-n2cc(C(C)(C)C)nn2)cc1. The molecule has 0 amide bonds. The van der Waals surface area contributed by atoms with Gasteiger partial charge in [-0.3, -0.25) is 9.59 Å². The Kier molecular flexibility index (Phi) is 5.64. The molecule has 0 saturated heterocycles.